The fourth-order valence-electron chi connectivity index (χ4n) is 0.819. The van der Waals surface area contributed by atoms with E-state index in [1.165, 1.54) is 10.1 Å². The molecule has 46 valence electrons. The van der Waals surface area contributed by atoms with Gasteiger partial charge >= 0.3 is 57.7 Å². The zero-order chi connectivity index (χ0) is 5.98. The third-order valence-corrected chi connectivity index (χ3v) is 1.87. The van der Waals surface area contributed by atoms with E-state index in [2.05, 4.69) is 34.8 Å². The molecule has 1 heteroatoms. The molecule has 0 spiro atoms. The molecule has 0 aromatic rings. The van der Waals surface area contributed by atoms with Crippen LogP contribution >= 0.6 is 0 Å². The van der Waals surface area contributed by atoms with E-state index in [9.17, 15) is 0 Å². The van der Waals surface area contributed by atoms with Crippen molar-refractivity contribution in [1.82, 2.24) is 0 Å². The van der Waals surface area contributed by atoms with Gasteiger partial charge in [0.2, 0.25) is 0 Å². The second-order valence-electron chi connectivity index (χ2n) is 1.86. The van der Waals surface area contributed by atoms with Gasteiger partial charge in [0.15, 0.2) is 0 Å². The van der Waals surface area contributed by atoms with Crippen LogP contribution in [0.1, 0.15) is 19.8 Å². The fraction of sp³-hybridized carbons (Fsp3) is 0.429. The molecule has 1 aliphatic carbocycles. The van der Waals surface area contributed by atoms with E-state index < -0.39 is 0 Å². The zero-order valence-corrected chi connectivity index (χ0v) is 5.94. The van der Waals surface area contributed by atoms with Crippen molar-refractivity contribution in [3.05, 3.63) is 22.2 Å². The van der Waals surface area contributed by atoms with Crippen LogP contribution in [0.15, 0.2) is 22.2 Å². The summed E-state index contributed by atoms with van der Waals surface area (Å²) >= 11 is 4.33. The Morgan fingerprint density at radius 2 is 2.50 bits per heavy atom. The summed E-state index contributed by atoms with van der Waals surface area (Å²) in [5.41, 5.74) is 1.39. The molecule has 0 saturated heterocycles. The van der Waals surface area contributed by atoms with Crippen molar-refractivity contribution >= 4 is 0 Å². The molecule has 0 heterocycles. The van der Waals surface area contributed by atoms with Crippen LogP contribution in [0, 0.1) is 0 Å². The van der Waals surface area contributed by atoms with Crippen LogP contribution in [0.2, 0.25) is 0 Å². The van der Waals surface area contributed by atoms with Crippen molar-refractivity contribution in [3.8, 4) is 0 Å². The first-order valence-electron chi connectivity index (χ1n) is 2.86. The minimum absolute atomic E-state index is 1.04. The van der Waals surface area contributed by atoms with E-state index in [0.717, 1.165) is 12.8 Å². The summed E-state index contributed by atoms with van der Waals surface area (Å²) < 4.78 is 1.24. The van der Waals surface area contributed by atoms with Crippen LogP contribution in [0.5, 0.6) is 0 Å². The molecule has 0 N–H and O–H groups in total. The molecule has 0 bridgehead atoms. The minimum atomic E-state index is 1.04. The van der Waals surface area contributed by atoms with Crippen LogP contribution < -0.4 is 0 Å². The first-order chi connectivity index (χ1) is 3.84. The molecule has 1 rings (SSSR count). The normalized spacial score (nSPS) is 18.4. The average Bonchev–Trinajstić information content (AvgIpc) is 2.14. The molecule has 0 radical (unpaired) electrons. The van der Waals surface area contributed by atoms with Crippen LogP contribution in [0.4, 0.5) is 0 Å². The molecular formula is C7H9Co. The molecule has 8 heavy (non-hydrogen) atoms. The van der Waals surface area contributed by atoms with Gasteiger partial charge in [0.05, 0.1) is 0 Å². The third-order valence-electron chi connectivity index (χ3n) is 1.32. The SMILES string of the molecule is CCC1=[C]([Co])CC=C1. The topological polar surface area (TPSA) is 0 Å². The van der Waals surface area contributed by atoms with Gasteiger partial charge in [-0.2, -0.15) is 0 Å². The molecule has 1 aliphatic rings. The van der Waals surface area contributed by atoms with Gasteiger partial charge < -0.3 is 0 Å². The first kappa shape index (κ1) is 6.11. The van der Waals surface area contributed by atoms with Gasteiger partial charge in [0, 0.05) is 0 Å². The molecule has 0 aliphatic heterocycles. The Labute approximate surface area is 58.3 Å². The Hall–Kier alpha value is -0.0135. The van der Waals surface area contributed by atoms with Gasteiger partial charge in [-0.1, -0.05) is 0 Å². The average molecular weight is 152 g/mol. The Bertz CT molecular complexity index is 142. The number of hydrogen-bond acceptors (Lipinski definition) is 0. The molecule has 0 nitrogen and oxygen atoms in total. The van der Waals surface area contributed by atoms with Crippen molar-refractivity contribution in [3.63, 3.8) is 0 Å². The van der Waals surface area contributed by atoms with Crippen molar-refractivity contribution in [1.29, 1.82) is 0 Å². The summed E-state index contributed by atoms with van der Waals surface area (Å²) in [7, 11) is 0. The summed E-state index contributed by atoms with van der Waals surface area (Å²) in [5, 5.41) is 0. The number of allylic oxidation sites excluding steroid dienone is 4. The van der Waals surface area contributed by atoms with Crippen LogP contribution in [0.3, 0.4) is 0 Å². The first-order valence-corrected chi connectivity index (χ1v) is 3.38. The van der Waals surface area contributed by atoms with E-state index in [1.54, 1.807) is 0 Å². The van der Waals surface area contributed by atoms with Crippen LogP contribution in [-0.4, -0.2) is 0 Å². The molecule has 0 aromatic carbocycles. The van der Waals surface area contributed by atoms with Crippen LogP contribution in [-0.2, 0) is 15.7 Å². The van der Waals surface area contributed by atoms with E-state index in [-0.39, 0.29) is 0 Å². The van der Waals surface area contributed by atoms with E-state index in [1.807, 2.05) is 0 Å². The van der Waals surface area contributed by atoms with Crippen molar-refractivity contribution in [2.24, 2.45) is 0 Å². The summed E-state index contributed by atoms with van der Waals surface area (Å²) in [6.07, 6.45) is 6.47. The second-order valence-corrected chi connectivity index (χ2v) is 2.49. The number of hydrogen-bond donors (Lipinski definition) is 0. The Morgan fingerprint density at radius 3 is 2.75 bits per heavy atom. The summed E-state index contributed by atoms with van der Waals surface area (Å²) in [5.74, 6) is 0. The third kappa shape index (κ3) is 1.04. The van der Waals surface area contributed by atoms with Gasteiger partial charge in [-0.05, 0) is 0 Å². The van der Waals surface area contributed by atoms with Crippen LogP contribution in [0.25, 0.3) is 0 Å². The predicted molar refractivity (Wildman–Crippen MR) is 31.1 cm³/mol. The standard InChI is InChI=1S/C7H9.Co/c1-2-7-5-3-4-6-7;/h3,5H,2,4H2,1H3;. The predicted octanol–water partition coefficient (Wildman–Crippen LogP) is 2.16. The van der Waals surface area contributed by atoms with Gasteiger partial charge in [-0.3, -0.25) is 0 Å². The second kappa shape index (κ2) is 2.51. The Balaban J connectivity index is 2.70. The molecule has 0 aromatic heterocycles. The molecule has 0 amide bonds. The monoisotopic (exact) mass is 152 g/mol. The summed E-state index contributed by atoms with van der Waals surface area (Å²) in [4.78, 5) is 0. The van der Waals surface area contributed by atoms with Crippen molar-refractivity contribution < 1.29 is 15.7 Å². The van der Waals surface area contributed by atoms with Crippen molar-refractivity contribution in [2.45, 2.75) is 19.8 Å². The van der Waals surface area contributed by atoms with Gasteiger partial charge in [0.25, 0.3) is 0 Å². The van der Waals surface area contributed by atoms with Gasteiger partial charge in [0.1, 0.15) is 0 Å². The summed E-state index contributed by atoms with van der Waals surface area (Å²) in [6.45, 7) is 2.15. The van der Waals surface area contributed by atoms with E-state index in [4.69, 9.17) is 0 Å². The molecule has 0 unspecified atom stereocenters. The molecule has 0 saturated carbocycles. The number of rotatable bonds is 1. The maximum absolute atomic E-state index is 4.33. The Morgan fingerprint density at radius 1 is 1.75 bits per heavy atom. The van der Waals surface area contributed by atoms with Gasteiger partial charge in [-0.15, -0.1) is 0 Å². The fourth-order valence-corrected chi connectivity index (χ4v) is 1.21. The molecule has 0 atom stereocenters. The maximum atomic E-state index is 4.33. The molecule has 0 fully saturated rings. The van der Waals surface area contributed by atoms with E-state index >= 15 is 0 Å². The zero-order valence-electron chi connectivity index (χ0n) is 4.90. The molecular weight excluding hydrogens is 143 g/mol. The Kier molecular flexibility index (Phi) is 1.92. The van der Waals surface area contributed by atoms with Gasteiger partial charge in [-0.25, -0.2) is 0 Å². The quantitative estimate of drug-likeness (QED) is 0.540. The van der Waals surface area contributed by atoms with E-state index in [0.29, 0.717) is 0 Å². The summed E-state index contributed by atoms with van der Waals surface area (Å²) in [6, 6.07) is 0. The van der Waals surface area contributed by atoms with Crippen molar-refractivity contribution in [2.75, 3.05) is 0 Å².